The van der Waals surface area contributed by atoms with Gasteiger partial charge in [-0.1, -0.05) is 23.4 Å². The van der Waals surface area contributed by atoms with Gasteiger partial charge in [-0.3, -0.25) is 0 Å². The largest absolute Gasteiger partial charge is 0.358 e. The number of aryl methyl sites for hydroxylation is 1. The van der Waals surface area contributed by atoms with Crippen LogP contribution in [0, 0.1) is 6.92 Å². The van der Waals surface area contributed by atoms with Crippen LogP contribution in [-0.2, 0) is 13.0 Å². The molecule has 124 valence electrons. The minimum atomic E-state index is 0.508. The average molecular weight is 331 g/mol. The molecule has 6 nitrogen and oxygen atoms in total. The van der Waals surface area contributed by atoms with E-state index in [9.17, 15) is 0 Å². The molecule has 0 spiro atoms. The summed E-state index contributed by atoms with van der Waals surface area (Å²) in [5, 5.41) is 5.13. The second-order valence-electron chi connectivity index (χ2n) is 6.35. The third kappa shape index (κ3) is 2.38. The van der Waals surface area contributed by atoms with E-state index < -0.39 is 0 Å². The van der Waals surface area contributed by atoms with Crippen molar-refractivity contribution in [2.75, 3.05) is 11.4 Å². The van der Waals surface area contributed by atoms with Crippen LogP contribution in [0.5, 0.6) is 0 Å². The van der Waals surface area contributed by atoms with Crippen LogP contribution in [0.4, 0.5) is 5.82 Å². The fourth-order valence-corrected chi connectivity index (χ4v) is 3.48. The van der Waals surface area contributed by atoms with Gasteiger partial charge in [0, 0.05) is 47.9 Å². The van der Waals surface area contributed by atoms with Gasteiger partial charge in [-0.15, -0.1) is 0 Å². The van der Waals surface area contributed by atoms with Gasteiger partial charge in [-0.05, 0) is 25.1 Å². The van der Waals surface area contributed by atoms with E-state index in [1.165, 1.54) is 22.2 Å². The third-order valence-electron chi connectivity index (χ3n) is 4.73. The molecule has 4 heterocycles. The molecule has 0 radical (unpaired) electrons. The van der Waals surface area contributed by atoms with Crippen molar-refractivity contribution in [2.45, 2.75) is 19.9 Å². The number of benzene rings is 1. The molecular weight excluding hydrogens is 314 g/mol. The lowest BCUT2D eigenvalue weighted by Gasteiger charge is -2.28. The van der Waals surface area contributed by atoms with Crippen molar-refractivity contribution >= 4 is 16.7 Å². The predicted octanol–water partition coefficient (Wildman–Crippen LogP) is 3.48. The number of para-hydroxylation sites is 1. The highest BCUT2D eigenvalue weighted by Crippen LogP contribution is 2.30. The predicted molar refractivity (Wildman–Crippen MR) is 95.3 cm³/mol. The molecule has 0 unspecified atom stereocenters. The Bertz CT molecular complexity index is 1050. The quantitative estimate of drug-likeness (QED) is 0.609. The zero-order chi connectivity index (χ0) is 16.8. The highest BCUT2D eigenvalue weighted by atomic mass is 16.5. The number of aromatic amines is 1. The standard InChI is InChI=1S/C19H17N5O/c1-12-21-19(25-23-12)13-6-7-18(20-10-13)24-9-8-17-15(11-24)14-4-2-3-5-16(14)22-17/h2-7,10,22H,8-9,11H2,1H3. The van der Waals surface area contributed by atoms with Gasteiger partial charge < -0.3 is 14.4 Å². The first-order chi connectivity index (χ1) is 12.3. The minimum Gasteiger partial charge on any atom is -0.358 e. The molecule has 1 aliphatic rings. The van der Waals surface area contributed by atoms with E-state index in [-0.39, 0.29) is 0 Å². The SMILES string of the molecule is Cc1noc(-c2ccc(N3CCc4[nH]c5ccccc5c4C3)nc2)n1. The Morgan fingerprint density at radius 2 is 2.08 bits per heavy atom. The minimum absolute atomic E-state index is 0.508. The van der Waals surface area contributed by atoms with Crippen molar-refractivity contribution < 1.29 is 4.52 Å². The Balaban J connectivity index is 1.44. The summed E-state index contributed by atoms with van der Waals surface area (Å²) < 4.78 is 5.20. The Labute approximate surface area is 144 Å². The number of rotatable bonds is 2. The van der Waals surface area contributed by atoms with Crippen LogP contribution in [0.3, 0.4) is 0 Å². The lowest BCUT2D eigenvalue weighted by molar-refractivity contribution is 0.425. The molecule has 6 heteroatoms. The summed E-state index contributed by atoms with van der Waals surface area (Å²) in [5.74, 6) is 2.10. The maximum Gasteiger partial charge on any atom is 0.259 e. The van der Waals surface area contributed by atoms with Crippen LogP contribution in [-0.4, -0.2) is 26.7 Å². The molecule has 0 atom stereocenters. The Morgan fingerprint density at radius 3 is 2.88 bits per heavy atom. The topological polar surface area (TPSA) is 70.8 Å². The number of hydrogen-bond donors (Lipinski definition) is 1. The molecule has 1 N–H and O–H groups in total. The Kier molecular flexibility index (Phi) is 3.09. The molecule has 4 aromatic rings. The van der Waals surface area contributed by atoms with Crippen molar-refractivity contribution in [1.82, 2.24) is 20.1 Å². The lowest BCUT2D eigenvalue weighted by Crippen LogP contribution is -2.30. The zero-order valence-electron chi connectivity index (χ0n) is 13.9. The van der Waals surface area contributed by atoms with E-state index in [1.807, 2.05) is 12.1 Å². The van der Waals surface area contributed by atoms with E-state index in [1.54, 1.807) is 13.1 Å². The van der Waals surface area contributed by atoms with Gasteiger partial charge in [0.1, 0.15) is 5.82 Å². The highest BCUT2D eigenvalue weighted by molar-refractivity contribution is 5.85. The summed E-state index contributed by atoms with van der Waals surface area (Å²) in [6.45, 7) is 3.62. The van der Waals surface area contributed by atoms with E-state index in [0.29, 0.717) is 11.7 Å². The van der Waals surface area contributed by atoms with Crippen molar-refractivity contribution in [3.05, 3.63) is 59.7 Å². The van der Waals surface area contributed by atoms with Crippen LogP contribution in [0.25, 0.3) is 22.4 Å². The second-order valence-corrected chi connectivity index (χ2v) is 6.35. The van der Waals surface area contributed by atoms with Crippen molar-refractivity contribution in [2.24, 2.45) is 0 Å². The second kappa shape index (κ2) is 5.44. The van der Waals surface area contributed by atoms with Crippen LogP contribution < -0.4 is 4.90 Å². The normalized spacial score (nSPS) is 14.0. The van der Waals surface area contributed by atoms with Gasteiger partial charge in [0.15, 0.2) is 5.82 Å². The van der Waals surface area contributed by atoms with Crippen molar-refractivity contribution in [3.8, 4) is 11.5 Å². The maximum atomic E-state index is 5.20. The van der Waals surface area contributed by atoms with Gasteiger partial charge >= 0.3 is 0 Å². The van der Waals surface area contributed by atoms with Crippen LogP contribution in [0.15, 0.2) is 47.1 Å². The Hall–Kier alpha value is -3.15. The monoisotopic (exact) mass is 331 g/mol. The maximum absolute atomic E-state index is 5.20. The van der Waals surface area contributed by atoms with Crippen LogP contribution in [0.2, 0.25) is 0 Å². The molecule has 0 aliphatic carbocycles. The molecule has 1 aliphatic heterocycles. The van der Waals surface area contributed by atoms with Gasteiger partial charge in [-0.2, -0.15) is 4.98 Å². The zero-order valence-corrected chi connectivity index (χ0v) is 13.9. The third-order valence-corrected chi connectivity index (χ3v) is 4.73. The molecule has 3 aromatic heterocycles. The highest BCUT2D eigenvalue weighted by Gasteiger charge is 2.21. The van der Waals surface area contributed by atoms with Gasteiger partial charge in [0.05, 0.1) is 5.56 Å². The van der Waals surface area contributed by atoms with Crippen molar-refractivity contribution in [3.63, 3.8) is 0 Å². The number of nitrogens with zero attached hydrogens (tertiary/aromatic N) is 4. The number of fused-ring (bicyclic) bond motifs is 3. The molecule has 5 rings (SSSR count). The number of nitrogens with one attached hydrogen (secondary N) is 1. The molecule has 25 heavy (non-hydrogen) atoms. The summed E-state index contributed by atoms with van der Waals surface area (Å²) in [7, 11) is 0. The molecule has 0 amide bonds. The molecule has 1 aromatic carbocycles. The number of pyridine rings is 1. The fourth-order valence-electron chi connectivity index (χ4n) is 3.48. The number of H-pyrrole nitrogens is 1. The van der Waals surface area contributed by atoms with E-state index in [0.717, 1.165) is 30.9 Å². The van der Waals surface area contributed by atoms with Crippen molar-refractivity contribution in [1.29, 1.82) is 0 Å². The number of anilines is 1. The van der Waals surface area contributed by atoms with E-state index in [4.69, 9.17) is 4.52 Å². The first-order valence-electron chi connectivity index (χ1n) is 8.38. The smallest absolute Gasteiger partial charge is 0.259 e. The Morgan fingerprint density at radius 1 is 1.16 bits per heavy atom. The molecule has 0 fully saturated rings. The summed E-state index contributed by atoms with van der Waals surface area (Å²) in [6, 6.07) is 12.5. The summed E-state index contributed by atoms with van der Waals surface area (Å²) in [6.07, 6.45) is 2.79. The number of aromatic nitrogens is 4. The lowest BCUT2D eigenvalue weighted by atomic mass is 10.0. The number of hydrogen-bond acceptors (Lipinski definition) is 5. The van der Waals surface area contributed by atoms with E-state index in [2.05, 4.69) is 49.3 Å². The summed E-state index contributed by atoms with van der Waals surface area (Å²) >= 11 is 0. The van der Waals surface area contributed by atoms with Gasteiger partial charge in [0.2, 0.25) is 0 Å². The van der Waals surface area contributed by atoms with Gasteiger partial charge in [0.25, 0.3) is 5.89 Å². The average Bonchev–Trinajstić information content (AvgIpc) is 3.25. The van der Waals surface area contributed by atoms with E-state index >= 15 is 0 Å². The first kappa shape index (κ1) is 14.2. The summed E-state index contributed by atoms with van der Waals surface area (Å²) in [4.78, 5) is 14.7. The molecule has 0 saturated heterocycles. The van der Waals surface area contributed by atoms with Crippen LogP contribution >= 0.6 is 0 Å². The first-order valence-corrected chi connectivity index (χ1v) is 8.38. The molecular formula is C19H17N5O. The van der Waals surface area contributed by atoms with Gasteiger partial charge in [-0.25, -0.2) is 4.98 Å². The van der Waals surface area contributed by atoms with Crippen LogP contribution in [0.1, 0.15) is 17.1 Å². The summed E-state index contributed by atoms with van der Waals surface area (Å²) in [5.41, 5.74) is 4.77. The molecule has 0 saturated carbocycles. The molecule has 0 bridgehead atoms. The fraction of sp³-hybridized carbons (Fsp3) is 0.211.